The molecule has 3 nitrogen and oxygen atoms in total. The van der Waals surface area contributed by atoms with Crippen LogP contribution in [0.15, 0.2) is 30.5 Å². The molecule has 84 valence electrons. The first-order chi connectivity index (χ1) is 7.70. The van der Waals surface area contributed by atoms with Crippen molar-refractivity contribution in [3.05, 3.63) is 53.1 Å². The molecule has 0 bridgehead atoms. The molecule has 2 rings (SSSR count). The Kier molecular flexibility index (Phi) is 3.01. The van der Waals surface area contributed by atoms with Crippen molar-refractivity contribution >= 4 is 0 Å². The number of benzene rings is 1. The number of rotatable bonds is 3. The van der Waals surface area contributed by atoms with E-state index in [0.29, 0.717) is 13.1 Å². The van der Waals surface area contributed by atoms with E-state index >= 15 is 0 Å². The summed E-state index contributed by atoms with van der Waals surface area (Å²) in [5.41, 5.74) is 8.55. The van der Waals surface area contributed by atoms with Gasteiger partial charge in [0.2, 0.25) is 0 Å². The zero-order valence-electron chi connectivity index (χ0n) is 9.15. The van der Waals surface area contributed by atoms with Crippen molar-refractivity contribution in [2.75, 3.05) is 0 Å². The third-order valence-electron chi connectivity index (χ3n) is 2.64. The maximum atomic E-state index is 12.9. The monoisotopic (exact) mass is 219 g/mol. The number of halogens is 1. The van der Waals surface area contributed by atoms with E-state index in [9.17, 15) is 4.39 Å². The number of hydrogen-bond acceptors (Lipinski definition) is 2. The van der Waals surface area contributed by atoms with E-state index in [2.05, 4.69) is 5.10 Å². The van der Waals surface area contributed by atoms with E-state index in [-0.39, 0.29) is 5.82 Å². The molecule has 2 aromatic rings. The Morgan fingerprint density at radius 3 is 2.88 bits per heavy atom. The lowest BCUT2D eigenvalue weighted by Gasteiger charge is -2.08. The van der Waals surface area contributed by atoms with Crippen LogP contribution in [0.1, 0.15) is 16.8 Å². The maximum absolute atomic E-state index is 12.9. The highest BCUT2D eigenvalue weighted by molar-refractivity contribution is 5.27. The molecule has 0 aliphatic carbocycles. The third-order valence-corrected chi connectivity index (χ3v) is 2.64. The summed E-state index contributed by atoms with van der Waals surface area (Å²) in [5.74, 6) is -0.208. The highest BCUT2D eigenvalue weighted by Gasteiger charge is 2.04. The fourth-order valence-electron chi connectivity index (χ4n) is 1.67. The van der Waals surface area contributed by atoms with E-state index in [1.165, 1.54) is 12.1 Å². The van der Waals surface area contributed by atoms with Crippen LogP contribution in [0.5, 0.6) is 0 Å². The number of hydrogen-bond donors (Lipinski definition) is 1. The van der Waals surface area contributed by atoms with E-state index in [1.54, 1.807) is 12.3 Å². The van der Waals surface area contributed by atoms with Gasteiger partial charge in [0.25, 0.3) is 0 Å². The summed E-state index contributed by atoms with van der Waals surface area (Å²) in [6, 6.07) is 6.67. The third kappa shape index (κ3) is 2.12. The van der Waals surface area contributed by atoms with E-state index in [1.807, 2.05) is 17.7 Å². The molecule has 16 heavy (non-hydrogen) atoms. The van der Waals surface area contributed by atoms with Crippen molar-refractivity contribution in [2.45, 2.75) is 20.0 Å². The summed E-state index contributed by atoms with van der Waals surface area (Å²) in [6.45, 7) is 2.98. The van der Waals surface area contributed by atoms with E-state index in [4.69, 9.17) is 5.73 Å². The smallest absolute Gasteiger partial charge is 0.123 e. The summed E-state index contributed by atoms with van der Waals surface area (Å²) < 4.78 is 14.8. The summed E-state index contributed by atoms with van der Waals surface area (Å²) in [5, 5.41) is 4.19. The van der Waals surface area contributed by atoms with Gasteiger partial charge in [-0.1, -0.05) is 6.07 Å². The largest absolute Gasteiger partial charge is 0.325 e. The van der Waals surface area contributed by atoms with Gasteiger partial charge in [-0.2, -0.15) is 5.10 Å². The van der Waals surface area contributed by atoms with Crippen LogP contribution in [0.3, 0.4) is 0 Å². The summed E-state index contributed by atoms with van der Waals surface area (Å²) >= 11 is 0. The van der Waals surface area contributed by atoms with Crippen LogP contribution in [-0.2, 0) is 13.1 Å². The Balaban J connectivity index is 2.27. The lowest BCUT2D eigenvalue weighted by Crippen LogP contribution is -2.10. The second kappa shape index (κ2) is 4.45. The van der Waals surface area contributed by atoms with Crippen LogP contribution in [0.4, 0.5) is 4.39 Å². The van der Waals surface area contributed by atoms with Crippen molar-refractivity contribution in [2.24, 2.45) is 5.73 Å². The first-order valence-electron chi connectivity index (χ1n) is 5.16. The first-order valence-corrected chi connectivity index (χ1v) is 5.16. The Bertz CT molecular complexity index is 491. The standard InChI is InChI=1S/C12H14FN3/c1-9-6-11(13)3-2-10(9)8-16-12(7-14)4-5-15-16/h2-6H,7-8,14H2,1H3. The average Bonchev–Trinajstić information content (AvgIpc) is 2.69. The van der Waals surface area contributed by atoms with Gasteiger partial charge in [0.15, 0.2) is 0 Å². The summed E-state index contributed by atoms with van der Waals surface area (Å²) in [6.07, 6.45) is 1.72. The molecule has 0 fully saturated rings. The highest BCUT2D eigenvalue weighted by atomic mass is 19.1. The van der Waals surface area contributed by atoms with Crippen LogP contribution >= 0.6 is 0 Å². The number of nitrogens with zero attached hydrogens (tertiary/aromatic N) is 2. The van der Waals surface area contributed by atoms with Crippen LogP contribution in [0.2, 0.25) is 0 Å². The maximum Gasteiger partial charge on any atom is 0.123 e. The molecule has 0 atom stereocenters. The molecule has 0 saturated heterocycles. The van der Waals surface area contributed by atoms with E-state index < -0.39 is 0 Å². The second-order valence-corrected chi connectivity index (χ2v) is 3.76. The lowest BCUT2D eigenvalue weighted by molar-refractivity contribution is 0.618. The van der Waals surface area contributed by atoms with Crippen molar-refractivity contribution in [3.63, 3.8) is 0 Å². The highest BCUT2D eigenvalue weighted by Crippen LogP contribution is 2.12. The molecule has 0 unspecified atom stereocenters. The Labute approximate surface area is 93.7 Å². The number of aryl methyl sites for hydroxylation is 1. The number of aromatic nitrogens is 2. The van der Waals surface area contributed by atoms with Crippen molar-refractivity contribution in [1.29, 1.82) is 0 Å². The van der Waals surface area contributed by atoms with Gasteiger partial charge >= 0.3 is 0 Å². The summed E-state index contributed by atoms with van der Waals surface area (Å²) in [4.78, 5) is 0. The fraction of sp³-hybridized carbons (Fsp3) is 0.250. The minimum atomic E-state index is -0.208. The van der Waals surface area contributed by atoms with Gasteiger partial charge in [-0.15, -0.1) is 0 Å². The van der Waals surface area contributed by atoms with E-state index in [0.717, 1.165) is 16.8 Å². The molecule has 0 saturated carbocycles. The van der Waals surface area contributed by atoms with Crippen LogP contribution in [0, 0.1) is 12.7 Å². The average molecular weight is 219 g/mol. The van der Waals surface area contributed by atoms with Gasteiger partial charge < -0.3 is 5.73 Å². The van der Waals surface area contributed by atoms with Crippen molar-refractivity contribution < 1.29 is 4.39 Å². The topological polar surface area (TPSA) is 43.8 Å². The molecule has 0 spiro atoms. The lowest BCUT2D eigenvalue weighted by atomic mass is 10.1. The molecular weight excluding hydrogens is 205 g/mol. The molecule has 0 aliphatic rings. The predicted octanol–water partition coefficient (Wildman–Crippen LogP) is 1.84. The molecule has 0 amide bonds. The Hall–Kier alpha value is -1.68. The van der Waals surface area contributed by atoms with Gasteiger partial charge in [-0.25, -0.2) is 4.39 Å². The molecule has 1 heterocycles. The normalized spacial score (nSPS) is 10.7. The molecule has 1 aromatic carbocycles. The van der Waals surface area contributed by atoms with Gasteiger partial charge in [-0.3, -0.25) is 4.68 Å². The molecule has 1 aromatic heterocycles. The van der Waals surface area contributed by atoms with Crippen LogP contribution in [-0.4, -0.2) is 9.78 Å². The zero-order chi connectivity index (χ0) is 11.5. The van der Waals surface area contributed by atoms with Gasteiger partial charge in [0, 0.05) is 12.7 Å². The number of nitrogens with two attached hydrogens (primary N) is 1. The molecule has 4 heteroatoms. The minimum absolute atomic E-state index is 0.208. The SMILES string of the molecule is Cc1cc(F)ccc1Cn1nccc1CN. The molecule has 0 aliphatic heterocycles. The first kappa shape index (κ1) is 10.8. The zero-order valence-corrected chi connectivity index (χ0v) is 9.15. The quantitative estimate of drug-likeness (QED) is 0.856. The van der Waals surface area contributed by atoms with Crippen molar-refractivity contribution in [1.82, 2.24) is 9.78 Å². The van der Waals surface area contributed by atoms with Crippen LogP contribution < -0.4 is 5.73 Å². The van der Waals surface area contributed by atoms with Crippen LogP contribution in [0.25, 0.3) is 0 Å². The predicted molar refractivity (Wildman–Crippen MR) is 60.4 cm³/mol. The summed E-state index contributed by atoms with van der Waals surface area (Å²) in [7, 11) is 0. The fourth-order valence-corrected chi connectivity index (χ4v) is 1.67. The Morgan fingerprint density at radius 2 is 2.19 bits per heavy atom. The van der Waals surface area contributed by atoms with Crippen molar-refractivity contribution in [3.8, 4) is 0 Å². The van der Waals surface area contributed by atoms with Gasteiger partial charge in [0.05, 0.1) is 12.2 Å². The molecule has 0 radical (unpaired) electrons. The molecule has 2 N–H and O–H groups in total. The second-order valence-electron chi connectivity index (χ2n) is 3.76. The van der Waals surface area contributed by atoms with Gasteiger partial charge in [-0.05, 0) is 36.2 Å². The minimum Gasteiger partial charge on any atom is -0.325 e. The van der Waals surface area contributed by atoms with Gasteiger partial charge in [0.1, 0.15) is 5.82 Å². The molecular formula is C12H14FN3. The Morgan fingerprint density at radius 1 is 1.38 bits per heavy atom.